The van der Waals surface area contributed by atoms with Gasteiger partial charge >= 0.3 is 5.97 Å². The van der Waals surface area contributed by atoms with Crippen molar-refractivity contribution in [2.75, 3.05) is 26.0 Å². The van der Waals surface area contributed by atoms with Gasteiger partial charge in [-0.15, -0.1) is 0 Å². The van der Waals surface area contributed by atoms with Crippen LogP contribution in [0.2, 0.25) is 10.0 Å². The number of carbonyl (C=O) groups is 2. The van der Waals surface area contributed by atoms with Gasteiger partial charge in [0.15, 0.2) is 0 Å². The van der Waals surface area contributed by atoms with Crippen LogP contribution in [0, 0.1) is 0 Å². The van der Waals surface area contributed by atoms with Crippen LogP contribution in [0.15, 0.2) is 42.5 Å². The van der Waals surface area contributed by atoms with Crippen molar-refractivity contribution in [2.45, 2.75) is 6.54 Å². The molecule has 0 radical (unpaired) electrons. The Morgan fingerprint density at radius 2 is 1.84 bits per heavy atom. The Morgan fingerprint density at radius 3 is 2.52 bits per heavy atom. The lowest BCUT2D eigenvalue weighted by Crippen LogP contribution is -2.30. The fraction of sp³-hybridized carbons (Fsp3) is 0.222. The number of halogens is 2. The molecule has 0 aromatic heterocycles. The van der Waals surface area contributed by atoms with Gasteiger partial charge in [-0.1, -0.05) is 41.4 Å². The van der Waals surface area contributed by atoms with E-state index in [1.807, 2.05) is 18.0 Å². The maximum Gasteiger partial charge on any atom is 0.339 e. The standard InChI is InChI=1S/C18H18Cl2N2O3/c1-22(10-12-7-8-14(19)15(20)9-12)11-17(23)21-16-6-4-3-5-13(16)18(24)25-2/h3-9H,10-11H2,1-2H3,(H,21,23). The molecule has 132 valence electrons. The number of likely N-dealkylation sites (N-methyl/N-ethyl adjacent to an activating group) is 1. The van der Waals surface area contributed by atoms with E-state index in [2.05, 4.69) is 5.32 Å². The van der Waals surface area contributed by atoms with Gasteiger partial charge in [-0.3, -0.25) is 9.69 Å². The Kier molecular flexibility index (Phi) is 6.82. The molecule has 7 heteroatoms. The molecule has 0 atom stereocenters. The van der Waals surface area contributed by atoms with Crippen LogP contribution in [0.3, 0.4) is 0 Å². The van der Waals surface area contributed by atoms with E-state index in [0.717, 1.165) is 5.56 Å². The Labute approximate surface area is 156 Å². The lowest BCUT2D eigenvalue weighted by atomic mass is 10.2. The van der Waals surface area contributed by atoms with Crippen LogP contribution in [-0.2, 0) is 16.1 Å². The van der Waals surface area contributed by atoms with Crippen LogP contribution in [-0.4, -0.2) is 37.5 Å². The second-order valence-corrected chi connectivity index (χ2v) is 6.32. The van der Waals surface area contributed by atoms with Crippen molar-refractivity contribution in [3.8, 4) is 0 Å². The van der Waals surface area contributed by atoms with Crippen molar-refractivity contribution in [3.05, 3.63) is 63.6 Å². The smallest absolute Gasteiger partial charge is 0.339 e. The number of carbonyl (C=O) groups excluding carboxylic acids is 2. The largest absolute Gasteiger partial charge is 0.465 e. The highest BCUT2D eigenvalue weighted by Gasteiger charge is 2.14. The number of nitrogens with one attached hydrogen (secondary N) is 1. The first kappa shape index (κ1) is 19.2. The quantitative estimate of drug-likeness (QED) is 0.773. The molecular weight excluding hydrogens is 363 g/mol. The van der Waals surface area contributed by atoms with Gasteiger partial charge in [0.05, 0.1) is 35.0 Å². The summed E-state index contributed by atoms with van der Waals surface area (Å²) in [5.41, 5.74) is 1.67. The Balaban J connectivity index is 1.98. The summed E-state index contributed by atoms with van der Waals surface area (Å²) < 4.78 is 4.72. The zero-order chi connectivity index (χ0) is 18.4. The van der Waals surface area contributed by atoms with Gasteiger partial charge in [-0.2, -0.15) is 0 Å². The van der Waals surface area contributed by atoms with Crippen LogP contribution in [0.4, 0.5) is 5.69 Å². The summed E-state index contributed by atoms with van der Waals surface area (Å²) in [6.07, 6.45) is 0. The third-order valence-corrected chi connectivity index (χ3v) is 4.20. The molecule has 0 saturated carbocycles. The highest BCUT2D eigenvalue weighted by molar-refractivity contribution is 6.42. The summed E-state index contributed by atoms with van der Waals surface area (Å²) in [6, 6.07) is 12.0. The molecule has 25 heavy (non-hydrogen) atoms. The van der Waals surface area contributed by atoms with Crippen LogP contribution >= 0.6 is 23.2 Å². The third kappa shape index (κ3) is 5.46. The third-order valence-electron chi connectivity index (χ3n) is 3.46. The predicted octanol–water partition coefficient (Wildman–Crippen LogP) is 3.85. The first-order valence-corrected chi connectivity index (χ1v) is 8.26. The van der Waals surface area contributed by atoms with Crippen molar-refractivity contribution >= 4 is 40.8 Å². The van der Waals surface area contributed by atoms with Crippen LogP contribution in [0.1, 0.15) is 15.9 Å². The number of methoxy groups -OCH3 is 1. The van der Waals surface area contributed by atoms with Gasteiger partial charge in [0, 0.05) is 6.54 Å². The van der Waals surface area contributed by atoms with Crippen molar-refractivity contribution in [2.24, 2.45) is 0 Å². The lowest BCUT2D eigenvalue weighted by molar-refractivity contribution is -0.117. The molecule has 0 spiro atoms. The molecule has 0 aliphatic heterocycles. The van der Waals surface area contributed by atoms with Crippen molar-refractivity contribution in [1.82, 2.24) is 4.90 Å². The fourth-order valence-corrected chi connectivity index (χ4v) is 2.64. The molecule has 0 saturated heterocycles. The predicted molar refractivity (Wildman–Crippen MR) is 99.2 cm³/mol. The molecule has 0 heterocycles. The SMILES string of the molecule is COC(=O)c1ccccc1NC(=O)CN(C)Cc1ccc(Cl)c(Cl)c1. The normalized spacial score (nSPS) is 10.6. The van der Waals surface area contributed by atoms with E-state index in [4.69, 9.17) is 27.9 Å². The number of esters is 1. The number of benzene rings is 2. The molecule has 2 rings (SSSR count). The molecule has 2 aromatic rings. The van der Waals surface area contributed by atoms with Crippen molar-refractivity contribution < 1.29 is 14.3 Å². The second-order valence-electron chi connectivity index (χ2n) is 5.51. The molecule has 1 amide bonds. The maximum absolute atomic E-state index is 12.2. The van der Waals surface area contributed by atoms with E-state index in [9.17, 15) is 9.59 Å². The molecule has 0 bridgehead atoms. The lowest BCUT2D eigenvalue weighted by Gasteiger charge is -2.17. The van der Waals surface area contributed by atoms with Crippen molar-refractivity contribution in [3.63, 3.8) is 0 Å². The summed E-state index contributed by atoms with van der Waals surface area (Å²) in [4.78, 5) is 25.8. The average molecular weight is 381 g/mol. The maximum atomic E-state index is 12.2. The van der Waals surface area contributed by atoms with E-state index in [1.165, 1.54) is 7.11 Å². The highest BCUT2D eigenvalue weighted by atomic mass is 35.5. The van der Waals surface area contributed by atoms with Crippen molar-refractivity contribution in [1.29, 1.82) is 0 Å². The topological polar surface area (TPSA) is 58.6 Å². The Hall–Kier alpha value is -2.08. The fourth-order valence-electron chi connectivity index (χ4n) is 2.32. The number of amides is 1. The zero-order valence-electron chi connectivity index (χ0n) is 13.9. The number of anilines is 1. The minimum atomic E-state index is -0.500. The average Bonchev–Trinajstić information content (AvgIpc) is 2.57. The highest BCUT2D eigenvalue weighted by Crippen LogP contribution is 2.23. The van der Waals surface area contributed by atoms with E-state index in [0.29, 0.717) is 27.8 Å². The van der Waals surface area contributed by atoms with Crippen LogP contribution in [0.25, 0.3) is 0 Å². The molecule has 0 unspecified atom stereocenters. The molecule has 0 aliphatic rings. The number of para-hydroxylation sites is 1. The van der Waals surface area contributed by atoms with E-state index in [-0.39, 0.29) is 12.5 Å². The number of hydrogen-bond acceptors (Lipinski definition) is 4. The first-order chi connectivity index (χ1) is 11.9. The second kappa shape index (κ2) is 8.85. The molecule has 2 aromatic carbocycles. The van der Waals surface area contributed by atoms with Gasteiger partial charge in [0.1, 0.15) is 0 Å². The molecule has 0 aliphatic carbocycles. The van der Waals surface area contributed by atoms with E-state index < -0.39 is 5.97 Å². The monoisotopic (exact) mass is 380 g/mol. The van der Waals surface area contributed by atoms with Gasteiger partial charge in [-0.05, 0) is 36.9 Å². The summed E-state index contributed by atoms with van der Waals surface area (Å²) in [6.45, 7) is 0.679. The summed E-state index contributed by atoms with van der Waals surface area (Å²) in [7, 11) is 3.11. The molecule has 0 fully saturated rings. The first-order valence-electron chi connectivity index (χ1n) is 7.50. The van der Waals surface area contributed by atoms with Gasteiger partial charge in [-0.25, -0.2) is 4.79 Å². The van der Waals surface area contributed by atoms with Gasteiger partial charge < -0.3 is 10.1 Å². The summed E-state index contributed by atoms with van der Waals surface area (Å²) in [5, 5.41) is 3.70. The molecular formula is C18H18Cl2N2O3. The number of nitrogens with zero attached hydrogens (tertiary/aromatic N) is 1. The minimum Gasteiger partial charge on any atom is -0.465 e. The summed E-state index contributed by atoms with van der Waals surface area (Å²) in [5.74, 6) is -0.737. The van der Waals surface area contributed by atoms with E-state index in [1.54, 1.807) is 36.4 Å². The zero-order valence-corrected chi connectivity index (χ0v) is 15.4. The Bertz CT molecular complexity index is 781. The Morgan fingerprint density at radius 1 is 1.12 bits per heavy atom. The van der Waals surface area contributed by atoms with Crippen LogP contribution < -0.4 is 5.32 Å². The minimum absolute atomic E-state index is 0.149. The molecule has 1 N–H and O–H groups in total. The summed E-state index contributed by atoms with van der Waals surface area (Å²) >= 11 is 11.9. The number of rotatable bonds is 6. The van der Waals surface area contributed by atoms with Gasteiger partial charge in [0.25, 0.3) is 0 Å². The van der Waals surface area contributed by atoms with E-state index >= 15 is 0 Å². The van der Waals surface area contributed by atoms with Gasteiger partial charge in [0.2, 0.25) is 5.91 Å². The number of ether oxygens (including phenoxy) is 1. The molecule has 5 nitrogen and oxygen atoms in total. The number of hydrogen-bond donors (Lipinski definition) is 1. The van der Waals surface area contributed by atoms with Crippen LogP contribution in [0.5, 0.6) is 0 Å².